The van der Waals surface area contributed by atoms with Crippen LogP contribution >= 0.6 is 0 Å². The topological polar surface area (TPSA) is 77.0 Å². The summed E-state index contributed by atoms with van der Waals surface area (Å²) in [6.07, 6.45) is 2.67. The molecule has 24 heavy (non-hydrogen) atoms. The molecule has 0 unspecified atom stereocenters. The molecule has 1 aromatic rings. The van der Waals surface area contributed by atoms with Crippen LogP contribution in [0, 0.1) is 10.8 Å². The van der Waals surface area contributed by atoms with Crippen molar-refractivity contribution in [2.75, 3.05) is 7.11 Å². The van der Waals surface area contributed by atoms with Gasteiger partial charge in [-0.25, -0.2) is 5.43 Å². The van der Waals surface area contributed by atoms with Crippen LogP contribution in [-0.2, 0) is 14.3 Å². The average molecular weight is 330 g/mol. The zero-order valence-electron chi connectivity index (χ0n) is 14.4. The number of carbonyl (C=O) groups is 2. The van der Waals surface area contributed by atoms with Crippen molar-refractivity contribution in [2.45, 2.75) is 39.2 Å². The number of rotatable bonds is 4. The van der Waals surface area contributed by atoms with Gasteiger partial charge in [0.2, 0.25) is 0 Å². The van der Waals surface area contributed by atoms with Gasteiger partial charge in [-0.2, -0.15) is 5.10 Å². The first-order valence-corrected chi connectivity index (χ1v) is 7.98. The van der Waals surface area contributed by atoms with E-state index in [2.05, 4.69) is 10.5 Å². The van der Waals surface area contributed by atoms with Gasteiger partial charge < -0.3 is 9.47 Å². The summed E-state index contributed by atoms with van der Waals surface area (Å²) in [5, 5.41) is 4.02. The number of methoxy groups -OCH3 is 1. The van der Waals surface area contributed by atoms with Crippen LogP contribution in [0.15, 0.2) is 29.4 Å². The first kappa shape index (κ1) is 16.5. The third-order valence-corrected chi connectivity index (χ3v) is 5.96. The third-order valence-electron chi connectivity index (χ3n) is 5.96. The van der Waals surface area contributed by atoms with Crippen LogP contribution in [-0.4, -0.2) is 30.8 Å². The molecule has 6 nitrogen and oxygen atoms in total. The van der Waals surface area contributed by atoms with Crippen molar-refractivity contribution in [3.05, 3.63) is 29.8 Å². The Kier molecular flexibility index (Phi) is 3.66. The predicted octanol–water partition coefficient (Wildman–Crippen LogP) is 2.27. The predicted molar refractivity (Wildman–Crippen MR) is 88.7 cm³/mol. The Morgan fingerprint density at radius 3 is 2.58 bits per heavy atom. The van der Waals surface area contributed by atoms with Gasteiger partial charge in [-0.3, -0.25) is 9.59 Å². The number of hydrogen-bond donors (Lipinski definition) is 1. The van der Waals surface area contributed by atoms with Crippen LogP contribution in [0.4, 0.5) is 0 Å². The normalized spacial score (nSPS) is 30.4. The minimum Gasteiger partial charge on any atom is -0.496 e. The molecule has 0 spiro atoms. The molecule has 128 valence electrons. The summed E-state index contributed by atoms with van der Waals surface area (Å²) in [5.74, 6) is -0.0226. The lowest BCUT2D eigenvalue weighted by atomic mass is 9.66. The molecular weight excluding hydrogens is 308 g/mol. The zero-order chi connectivity index (χ0) is 17.6. The van der Waals surface area contributed by atoms with Crippen LogP contribution in [0.5, 0.6) is 5.75 Å². The molecule has 2 fully saturated rings. The molecule has 1 saturated carbocycles. The Balaban J connectivity index is 1.79. The van der Waals surface area contributed by atoms with Gasteiger partial charge in [-0.1, -0.05) is 26.0 Å². The molecule has 1 amide bonds. The average Bonchev–Trinajstić information content (AvgIpc) is 2.85. The molecule has 6 heteroatoms. The van der Waals surface area contributed by atoms with Crippen molar-refractivity contribution in [3.8, 4) is 5.75 Å². The lowest BCUT2D eigenvalue weighted by molar-refractivity contribution is -0.168. The minimum absolute atomic E-state index is 0.303. The molecule has 1 heterocycles. The Hall–Kier alpha value is -2.37. The summed E-state index contributed by atoms with van der Waals surface area (Å²) >= 11 is 0. The van der Waals surface area contributed by atoms with E-state index in [9.17, 15) is 9.59 Å². The lowest BCUT2D eigenvalue weighted by Crippen LogP contribution is -2.52. The first-order chi connectivity index (χ1) is 11.3. The van der Waals surface area contributed by atoms with Gasteiger partial charge in [0.25, 0.3) is 5.91 Å². The van der Waals surface area contributed by atoms with Gasteiger partial charge in [-0.15, -0.1) is 0 Å². The maximum absolute atomic E-state index is 12.7. The number of esters is 1. The monoisotopic (exact) mass is 330 g/mol. The quantitative estimate of drug-likeness (QED) is 0.522. The number of nitrogens with one attached hydrogen (secondary N) is 1. The van der Waals surface area contributed by atoms with E-state index < -0.39 is 16.4 Å². The van der Waals surface area contributed by atoms with Crippen molar-refractivity contribution < 1.29 is 19.1 Å². The number of para-hydroxylation sites is 1. The Morgan fingerprint density at radius 2 is 2.00 bits per heavy atom. The van der Waals surface area contributed by atoms with Crippen molar-refractivity contribution in [1.82, 2.24) is 5.43 Å². The molecule has 2 aliphatic rings. The molecule has 2 bridgehead atoms. The Morgan fingerprint density at radius 1 is 1.29 bits per heavy atom. The van der Waals surface area contributed by atoms with E-state index in [1.165, 1.54) is 6.21 Å². The van der Waals surface area contributed by atoms with Gasteiger partial charge in [0, 0.05) is 11.0 Å². The van der Waals surface area contributed by atoms with E-state index in [4.69, 9.17) is 9.47 Å². The molecule has 1 aliphatic heterocycles. The summed E-state index contributed by atoms with van der Waals surface area (Å²) in [6, 6.07) is 7.35. The highest BCUT2D eigenvalue weighted by atomic mass is 16.6. The van der Waals surface area contributed by atoms with Crippen LogP contribution in [0.2, 0.25) is 0 Å². The fourth-order valence-electron chi connectivity index (χ4n) is 3.77. The fourth-order valence-corrected chi connectivity index (χ4v) is 3.77. The highest BCUT2D eigenvalue weighted by Gasteiger charge is 2.75. The van der Waals surface area contributed by atoms with Crippen molar-refractivity contribution >= 4 is 18.1 Å². The maximum Gasteiger partial charge on any atom is 0.313 e. The largest absolute Gasteiger partial charge is 0.496 e. The summed E-state index contributed by atoms with van der Waals surface area (Å²) in [6.45, 7) is 5.69. The highest BCUT2D eigenvalue weighted by Crippen LogP contribution is 2.65. The first-order valence-electron chi connectivity index (χ1n) is 7.98. The molecule has 3 rings (SSSR count). The van der Waals surface area contributed by atoms with Gasteiger partial charge in [0.1, 0.15) is 5.75 Å². The fraction of sp³-hybridized carbons (Fsp3) is 0.500. The van der Waals surface area contributed by atoms with E-state index in [0.29, 0.717) is 18.6 Å². The number of benzene rings is 1. The van der Waals surface area contributed by atoms with Crippen LogP contribution in [0.3, 0.4) is 0 Å². The molecule has 1 aliphatic carbocycles. The number of amides is 1. The van der Waals surface area contributed by atoms with Crippen molar-refractivity contribution in [1.29, 1.82) is 0 Å². The second-order valence-corrected chi connectivity index (χ2v) is 7.11. The molecule has 2 atom stereocenters. The zero-order valence-corrected chi connectivity index (χ0v) is 14.4. The van der Waals surface area contributed by atoms with Crippen LogP contribution < -0.4 is 10.2 Å². The van der Waals surface area contributed by atoms with E-state index in [0.717, 1.165) is 5.56 Å². The summed E-state index contributed by atoms with van der Waals surface area (Å²) < 4.78 is 10.8. The molecular formula is C18H22N2O4. The molecule has 0 aromatic heterocycles. The van der Waals surface area contributed by atoms with Gasteiger partial charge in [-0.05, 0) is 31.9 Å². The standard InChI is InChI=1S/C18H22N2O4/c1-16(2)17(3)9-10-18(16,24-15(17)22)14(21)20-19-11-12-7-5-6-8-13(12)23-4/h5-8,11H,9-10H2,1-4H3,(H,20,21)/b19-11-/t17-,18+/m1/s1. The molecule has 0 radical (unpaired) electrons. The Labute approximate surface area is 141 Å². The van der Waals surface area contributed by atoms with E-state index >= 15 is 0 Å². The lowest BCUT2D eigenvalue weighted by Gasteiger charge is -2.34. The summed E-state index contributed by atoms with van der Waals surface area (Å²) in [7, 11) is 1.57. The minimum atomic E-state index is -1.16. The molecule has 1 aromatic carbocycles. The Bertz CT molecular complexity index is 727. The van der Waals surface area contributed by atoms with Crippen LogP contribution in [0.25, 0.3) is 0 Å². The summed E-state index contributed by atoms with van der Waals surface area (Å²) in [4.78, 5) is 24.9. The summed E-state index contributed by atoms with van der Waals surface area (Å²) in [5.41, 5.74) is 0.915. The SMILES string of the molecule is COc1ccccc1/C=N\NC(=O)[C@]12CC[C@](C)(C(=O)O1)C2(C)C. The molecule has 1 saturated heterocycles. The van der Waals surface area contributed by atoms with E-state index in [1.54, 1.807) is 7.11 Å². The van der Waals surface area contributed by atoms with E-state index in [-0.39, 0.29) is 11.9 Å². The van der Waals surface area contributed by atoms with Gasteiger partial charge in [0.15, 0.2) is 5.60 Å². The third kappa shape index (κ3) is 1.98. The maximum atomic E-state index is 12.7. The van der Waals surface area contributed by atoms with Crippen molar-refractivity contribution in [2.24, 2.45) is 15.9 Å². The van der Waals surface area contributed by atoms with E-state index in [1.807, 2.05) is 45.0 Å². The molecule has 1 N–H and O–H groups in total. The highest BCUT2D eigenvalue weighted by molar-refractivity contribution is 5.96. The number of fused-ring (bicyclic) bond motifs is 2. The number of nitrogens with zero attached hydrogens (tertiary/aromatic N) is 1. The smallest absolute Gasteiger partial charge is 0.313 e. The van der Waals surface area contributed by atoms with Gasteiger partial charge in [0.05, 0.1) is 18.7 Å². The number of ether oxygens (including phenoxy) is 2. The number of hydrogen-bond acceptors (Lipinski definition) is 5. The second-order valence-electron chi connectivity index (χ2n) is 7.11. The number of hydrazone groups is 1. The van der Waals surface area contributed by atoms with Gasteiger partial charge >= 0.3 is 5.97 Å². The van der Waals surface area contributed by atoms with Crippen molar-refractivity contribution in [3.63, 3.8) is 0 Å². The number of carbonyl (C=O) groups excluding carboxylic acids is 2. The second kappa shape index (κ2) is 5.33. The van der Waals surface area contributed by atoms with Crippen LogP contribution in [0.1, 0.15) is 39.2 Å².